The number of hydrogen-bond acceptors (Lipinski definition) is 3. The van der Waals surface area contributed by atoms with Gasteiger partial charge in [0.2, 0.25) is 0 Å². The van der Waals surface area contributed by atoms with E-state index in [2.05, 4.69) is 12.1 Å². The van der Waals surface area contributed by atoms with Gasteiger partial charge in [0.1, 0.15) is 0 Å². The van der Waals surface area contributed by atoms with Crippen LogP contribution in [-0.2, 0) is 5.75 Å². The molecule has 0 bridgehead atoms. The zero-order valence-electron chi connectivity index (χ0n) is 10.4. The Hall–Kier alpha value is -2.05. The molecular weight excluding hydrogens is 254 g/mol. The van der Waals surface area contributed by atoms with Crippen LogP contribution < -0.4 is 0 Å². The second kappa shape index (κ2) is 6.77. The summed E-state index contributed by atoms with van der Waals surface area (Å²) in [6, 6.07) is 18.9. The monoisotopic (exact) mass is 267 g/mol. The smallest absolute Gasteiger partial charge is 0.172 e. The highest BCUT2D eigenvalue weighted by atomic mass is 32.2. The molecule has 0 aliphatic heterocycles. The molecule has 0 fully saturated rings. The number of rotatable bonds is 5. The molecule has 0 aliphatic carbocycles. The van der Waals surface area contributed by atoms with E-state index in [1.54, 1.807) is 36.0 Å². The normalized spacial score (nSPS) is 9.84. The number of carbonyl (C=O) groups is 1. The molecule has 19 heavy (non-hydrogen) atoms. The van der Waals surface area contributed by atoms with Crippen molar-refractivity contribution >= 4 is 17.5 Å². The summed E-state index contributed by atoms with van der Waals surface area (Å²) >= 11 is 1.60. The van der Waals surface area contributed by atoms with E-state index in [-0.39, 0.29) is 5.78 Å². The van der Waals surface area contributed by atoms with Crippen molar-refractivity contribution < 1.29 is 4.79 Å². The molecule has 0 spiro atoms. The van der Waals surface area contributed by atoms with Crippen LogP contribution in [0.4, 0.5) is 0 Å². The first-order chi connectivity index (χ1) is 9.29. The summed E-state index contributed by atoms with van der Waals surface area (Å²) in [6.45, 7) is 0. The van der Waals surface area contributed by atoms with E-state index >= 15 is 0 Å². The van der Waals surface area contributed by atoms with Crippen LogP contribution in [0.2, 0.25) is 0 Å². The lowest BCUT2D eigenvalue weighted by atomic mass is 10.1. The van der Waals surface area contributed by atoms with Crippen LogP contribution in [0.3, 0.4) is 0 Å². The van der Waals surface area contributed by atoms with Gasteiger partial charge in [0.15, 0.2) is 5.78 Å². The fourth-order valence-corrected chi connectivity index (χ4v) is 2.53. The largest absolute Gasteiger partial charge is 0.293 e. The summed E-state index contributed by atoms with van der Waals surface area (Å²) in [5.74, 6) is 1.40. The van der Waals surface area contributed by atoms with Crippen molar-refractivity contribution in [2.75, 3.05) is 5.75 Å². The van der Waals surface area contributed by atoms with Crippen LogP contribution in [0.15, 0.2) is 54.6 Å². The zero-order chi connectivity index (χ0) is 13.5. The Morgan fingerprint density at radius 3 is 2.37 bits per heavy atom. The van der Waals surface area contributed by atoms with E-state index in [0.29, 0.717) is 16.9 Å². The van der Waals surface area contributed by atoms with Gasteiger partial charge in [-0.25, -0.2) is 0 Å². The molecule has 0 saturated carbocycles. The van der Waals surface area contributed by atoms with E-state index in [1.165, 1.54) is 5.56 Å². The molecule has 2 rings (SSSR count). The quantitative estimate of drug-likeness (QED) is 0.776. The van der Waals surface area contributed by atoms with Crippen LogP contribution >= 0.6 is 11.8 Å². The highest BCUT2D eigenvalue weighted by molar-refractivity contribution is 7.99. The van der Waals surface area contributed by atoms with Gasteiger partial charge < -0.3 is 0 Å². The number of benzene rings is 2. The van der Waals surface area contributed by atoms with Gasteiger partial charge in [0.05, 0.1) is 17.4 Å². The standard InChI is InChI=1S/C16H13NOS/c17-10-13-6-8-15(9-7-13)16(18)12-19-11-14-4-2-1-3-5-14/h1-9H,11-12H2. The van der Waals surface area contributed by atoms with Crippen LogP contribution in [0, 0.1) is 11.3 Å². The molecule has 2 aromatic carbocycles. The van der Waals surface area contributed by atoms with E-state index in [1.807, 2.05) is 24.3 Å². The summed E-state index contributed by atoms with van der Waals surface area (Å²) in [5.41, 5.74) is 2.47. The maximum atomic E-state index is 11.9. The molecule has 0 radical (unpaired) electrons. The lowest BCUT2D eigenvalue weighted by Crippen LogP contribution is -2.02. The third kappa shape index (κ3) is 3.97. The molecule has 0 N–H and O–H groups in total. The topological polar surface area (TPSA) is 40.9 Å². The van der Waals surface area contributed by atoms with Gasteiger partial charge >= 0.3 is 0 Å². The minimum atomic E-state index is 0.102. The fourth-order valence-electron chi connectivity index (χ4n) is 1.65. The number of carbonyl (C=O) groups excluding carboxylic acids is 1. The molecule has 2 aromatic rings. The van der Waals surface area contributed by atoms with Gasteiger partial charge in [-0.1, -0.05) is 42.5 Å². The molecule has 0 saturated heterocycles. The molecule has 3 heteroatoms. The molecule has 0 heterocycles. The number of hydrogen-bond donors (Lipinski definition) is 0. The number of Topliss-reactive ketones (excluding diaryl/α,β-unsaturated/α-hetero) is 1. The summed E-state index contributed by atoms with van der Waals surface area (Å²) in [7, 11) is 0. The Kier molecular flexibility index (Phi) is 4.77. The van der Waals surface area contributed by atoms with Crippen molar-refractivity contribution in [1.29, 1.82) is 5.26 Å². The number of thioether (sulfide) groups is 1. The van der Waals surface area contributed by atoms with Crippen molar-refractivity contribution in [2.24, 2.45) is 0 Å². The van der Waals surface area contributed by atoms with Crippen molar-refractivity contribution in [3.05, 3.63) is 71.3 Å². The lowest BCUT2D eigenvalue weighted by Gasteiger charge is -2.02. The Labute approximate surface area is 117 Å². The van der Waals surface area contributed by atoms with Crippen molar-refractivity contribution in [3.8, 4) is 6.07 Å². The molecule has 94 valence electrons. The van der Waals surface area contributed by atoms with E-state index in [0.717, 1.165) is 5.75 Å². The second-order valence-electron chi connectivity index (χ2n) is 4.09. The maximum absolute atomic E-state index is 11.9. The number of nitriles is 1. The Bertz CT molecular complexity index is 584. The van der Waals surface area contributed by atoms with Crippen LogP contribution in [0.1, 0.15) is 21.5 Å². The molecule has 0 aromatic heterocycles. The molecule has 0 unspecified atom stereocenters. The van der Waals surface area contributed by atoms with E-state index < -0.39 is 0 Å². The number of nitrogens with zero attached hydrogens (tertiary/aromatic N) is 1. The summed E-state index contributed by atoms with van der Waals surface area (Å²) in [5, 5.41) is 8.70. The van der Waals surface area contributed by atoms with Crippen molar-refractivity contribution in [2.45, 2.75) is 5.75 Å². The highest BCUT2D eigenvalue weighted by Crippen LogP contribution is 2.14. The van der Waals surface area contributed by atoms with Gasteiger partial charge in [0, 0.05) is 11.3 Å². The molecule has 0 atom stereocenters. The maximum Gasteiger partial charge on any atom is 0.172 e. The lowest BCUT2D eigenvalue weighted by molar-refractivity contribution is 0.102. The Morgan fingerprint density at radius 1 is 1.05 bits per heavy atom. The third-order valence-electron chi connectivity index (χ3n) is 2.68. The average molecular weight is 267 g/mol. The van der Waals surface area contributed by atoms with Crippen LogP contribution in [0.25, 0.3) is 0 Å². The van der Waals surface area contributed by atoms with Gasteiger partial charge in [-0.15, -0.1) is 11.8 Å². The minimum Gasteiger partial charge on any atom is -0.293 e. The predicted molar refractivity (Wildman–Crippen MR) is 78.1 cm³/mol. The van der Waals surface area contributed by atoms with Gasteiger partial charge in [0.25, 0.3) is 0 Å². The highest BCUT2D eigenvalue weighted by Gasteiger charge is 2.05. The zero-order valence-corrected chi connectivity index (χ0v) is 11.2. The fraction of sp³-hybridized carbons (Fsp3) is 0.125. The van der Waals surface area contributed by atoms with Crippen LogP contribution in [-0.4, -0.2) is 11.5 Å². The van der Waals surface area contributed by atoms with Crippen LogP contribution in [0.5, 0.6) is 0 Å². The molecule has 2 nitrogen and oxygen atoms in total. The van der Waals surface area contributed by atoms with Crippen molar-refractivity contribution in [1.82, 2.24) is 0 Å². The Morgan fingerprint density at radius 2 is 1.74 bits per heavy atom. The average Bonchev–Trinajstić information content (AvgIpc) is 2.48. The van der Waals surface area contributed by atoms with Gasteiger partial charge in [-0.05, 0) is 17.7 Å². The third-order valence-corrected chi connectivity index (χ3v) is 3.68. The van der Waals surface area contributed by atoms with Gasteiger partial charge in [-0.2, -0.15) is 5.26 Å². The first kappa shape index (κ1) is 13.4. The summed E-state index contributed by atoms with van der Waals surface area (Å²) in [4.78, 5) is 11.9. The summed E-state index contributed by atoms with van der Waals surface area (Å²) < 4.78 is 0. The first-order valence-corrected chi connectivity index (χ1v) is 7.10. The number of ketones is 1. The molecule has 0 aliphatic rings. The van der Waals surface area contributed by atoms with Crippen molar-refractivity contribution in [3.63, 3.8) is 0 Å². The first-order valence-electron chi connectivity index (χ1n) is 5.94. The van der Waals surface area contributed by atoms with E-state index in [4.69, 9.17) is 5.26 Å². The molecule has 0 amide bonds. The predicted octanol–water partition coefficient (Wildman–Crippen LogP) is 3.67. The Balaban J connectivity index is 1.86. The second-order valence-corrected chi connectivity index (χ2v) is 5.08. The SMILES string of the molecule is N#Cc1ccc(C(=O)CSCc2ccccc2)cc1. The van der Waals surface area contributed by atoms with Gasteiger partial charge in [-0.3, -0.25) is 4.79 Å². The summed E-state index contributed by atoms with van der Waals surface area (Å²) in [6.07, 6.45) is 0. The van der Waals surface area contributed by atoms with E-state index in [9.17, 15) is 4.79 Å². The minimum absolute atomic E-state index is 0.102. The molecular formula is C16H13NOS.